The van der Waals surface area contributed by atoms with Gasteiger partial charge in [0.1, 0.15) is 0 Å². The van der Waals surface area contributed by atoms with Crippen LogP contribution >= 0.6 is 11.8 Å². The van der Waals surface area contributed by atoms with E-state index in [1.54, 1.807) is 11.8 Å². The average Bonchev–Trinajstić information content (AvgIpc) is 2.88. The van der Waals surface area contributed by atoms with Crippen molar-refractivity contribution in [3.8, 4) is 0 Å². The topological polar surface area (TPSA) is 51.0 Å². The molecule has 1 N–H and O–H groups in total. The lowest BCUT2D eigenvalue weighted by Gasteiger charge is -2.14. The fourth-order valence-corrected chi connectivity index (χ4v) is 2.69. The van der Waals surface area contributed by atoms with Gasteiger partial charge < -0.3 is 9.73 Å². The summed E-state index contributed by atoms with van der Waals surface area (Å²) in [5.74, 6) is 2.00. The second-order valence-corrected chi connectivity index (χ2v) is 5.80. The van der Waals surface area contributed by atoms with Gasteiger partial charge in [0.2, 0.25) is 11.8 Å². The minimum atomic E-state index is 0.376. The summed E-state index contributed by atoms with van der Waals surface area (Å²) in [6.07, 6.45) is 1.15. The predicted octanol–water partition coefficient (Wildman–Crippen LogP) is 3.73. The molecule has 0 amide bonds. The summed E-state index contributed by atoms with van der Waals surface area (Å²) in [6.45, 7) is 7.22. The molecule has 0 saturated carbocycles. The van der Waals surface area contributed by atoms with Crippen LogP contribution in [0.15, 0.2) is 33.6 Å². The maximum absolute atomic E-state index is 5.38. The van der Waals surface area contributed by atoms with Crippen LogP contribution in [0.5, 0.6) is 0 Å². The van der Waals surface area contributed by atoms with Gasteiger partial charge in [-0.15, -0.1) is 22.0 Å². The monoisotopic (exact) mass is 291 g/mol. The molecule has 108 valence electrons. The number of aromatic nitrogens is 2. The maximum Gasteiger partial charge on any atom is 0.226 e. The first kappa shape index (κ1) is 15.1. The zero-order valence-corrected chi connectivity index (χ0v) is 13.0. The highest BCUT2D eigenvalue weighted by atomic mass is 32.2. The Hall–Kier alpha value is -1.33. The standard InChI is InChI=1S/C15H21N3OS/c1-4-8-16-11(2)13-6-5-7-14(9-13)20-10-15-18-17-12(3)19-15/h5-7,9,11,16H,4,8,10H2,1-3H3. The van der Waals surface area contributed by atoms with Crippen LogP contribution in [0.3, 0.4) is 0 Å². The highest BCUT2D eigenvalue weighted by Gasteiger charge is 2.07. The van der Waals surface area contributed by atoms with Crippen molar-refractivity contribution in [1.82, 2.24) is 15.5 Å². The molecule has 2 rings (SSSR count). The van der Waals surface area contributed by atoms with Crippen molar-refractivity contribution in [2.75, 3.05) is 6.54 Å². The average molecular weight is 291 g/mol. The third-order valence-electron chi connectivity index (χ3n) is 2.99. The SMILES string of the molecule is CCCNC(C)c1cccc(SCc2nnc(C)o2)c1. The Morgan fingerprint density at radius 2 is 2.20 bits per heavy atom. The van der Waals surface area contributed by atoms with Gasteiger partial charge in [0.25, 0.3) is 0 Å². The maximum atomic E-state index is 5.38. The molecule has 0 fully saturated rings. The lowest BCUT2D eigenvalue weighted by Crippen LogP contribution is -2.19. The Morgan fingerprint density at radius 1 is 1.35 bits per heavy atom. The highest BCUT2D eigenvalue weighted by molar-refractivity contribution is 7.98. The van der Waals surface area contributed by atoms with Crippen LogP contribution in [0.2, 0.25) is 0 Å². The summed E-state index contributed by atoms with van der Waals surface area (Å²) in [5, 5.41) is 11.4. The summed E-state index contributed by atoms with van der Waals surface area (Å²) < 4.78 is 5.38. The van der Waals surface area contributed by atoms with Crippen LogP contribution in [0.1, 0.15) is 43.7 Å². The van der Waals surface area contributed by atoms with Crippen molar-refractivity contribution in [2.45, 2.75) is 43.9 Å². The molecule has 1 atom stereocenters. The van der Waals surface area contributed by atoms with E-state index in [4.69, 9.17) is 4.42 Å². The van der Waals surface area contributed by atoms with Crippen LogP contribution < -0.4 is 5.32 Å². The van der Waals surface area contributed by atoms with Gasteiger partial charge in [-0.2, -0.15) is 0 Å². The number of aryl methyl sites for hydroxylation is 1. The van der Waals surface area contributed by atoms with Gasteiger partial charge in [0, 0.05) is 17.9 Å². The molecular formula is C15H21N3OS. The second-order valence-electron chi connectivity index (χ2n) is 4.75. The van der Waals surface area contributed by atoms with E-state index in [9.17, 15) is 0 Å². The number of thioether (sulfide) groups is 1. The number of hydrogen-bond donors (Lipinski definition) is 1. The van der Waals surface area contributed by atoms with Gasteiger partial charge in [0.05, 0.1) is 5.75 Å². The summed E-state index contributed by atoms with van der Waals surface area (Å²) in [5.41, 5.74) is 1.31. The fraction of sp³-hybridized carbons (Fsp3) is 0.467. The van der Waals surface area contributed by atoms with Crippen molar-refractivity contribution < 1.29 is 4.42 Å². The normalized spacial score (nSPS) is 12.6. The second kappa shape index (κ2) is 7.45. The van der Waals surface area contributed by atoms with Crippen LogP contribution in [0.4, 0.5) is 0 Å². The fourth-order valence-electron chi connectivity index (χ4n) is 1.89. The van der Waals surface area contributed by atoms with Crippen LogP contribution in [-0.4, -0.2) is 16.7 Å². The first-order chi connectivity index (χ1) is 9.69. The molecule has 1 aromatic heterocycles. The van der Waals surface area contributed by atoms with E-state index < -0.39 is 0 Å². The van der Waals surface area contributed by atoms with Crippen molar-refractivity contribution in [2.24, 2.45) is 0 Å². The molecule has 5 heteroatoms. The lowest BCUT2D eigenvalue weighted by atomic mass is 10.1. The van der Waals surface area contributed by atoms with E-state index >= 15 is 0 Å². The summed E-state index contributed by atoms with van der Waals surface area (Å²) in [7, 11) is 0. The molecule has 0 aliphatic rings. The largest absolute Gasteiger partial charge is 0.425 e. The Kier molecular flexibility index (Phi) is 5.61. The van der Waals surface area contributed by atoms with Crippen molar-refractivity contribution in [1.29, 1.82) is 0 Å². The van der Waals surface area contributed by atoms with Gasteiger partial charge >= 0.3 is 0 Å². The van der Waals surface area contributed by atoms with Gasteiger partial charge in [-0.25, -0.2) is 0 Å². The van der Waals surface area contributed by atoms with E-state index in [1.807, 2.05) is 6.92 Å². The van der Waals surface area contributed by atoms with E-state index in [-0.39, 0.29) is 0 Å². The molecular weight excluding hydrogens is 270 g/mol. The molecule has 2 aromatic rings. The first-order valence-corrected chi connectivity index (χ1v) is 7.92. The van der Waals surface area contributed by atoms with Gasteiger partial charge in [-0.3, -0.25) is 0 Å². The molecule has 1 heterocycles. The predicted molar refractivity (Wildman–Crippen MR) is 81.7 cm³/mol. The van der Waals surface area contributed by atoms with Crippen molar-refractivity contribution in [3.05, 3.63) is 41.6 Å². The minimum Gasteiger partial charge on any atom is -0.425 e. The van der Waals surface area contributed by atoms with Crippen molar-refractivity contribution in [3.63, 3.8) is 0 Å². The van der Waals surface area contributed by atoms with E-state index in [2.05, 4.69) is 53.6 Å². The molecule has 1 unspecified atom stereocenters. The smallest absolute Gasteiger partial charge is 0.226 e. The Labute approximate surface area is 124 Å². The minimum absolute atomic E-state index is 0.376. The summed E-state index contributed by atoms with van der Waals surface area (Å²) in [4.78, 5) is 1.23. The van der Waals surface area contributed by atoms with Crippen LogP contribution in [0, 0.1) is 6.92 Å². The third-order valence-corrected chi connectivity index (χ3v) is 3.97. The molecule has 20 heavy (non-hydrogen) atoms. The summed E-state index contributed by atoms with van der Waals surface area (Å²) in [6, 6.07) is 8.97. The summed E-state index contributed by atoms with van der Waals surface area (Å²) >= 11 is 1.72. The van der Waals surface area contributed by atoms with Gasteiger partial charge in [-0.05, 0) is 37.6 Å². The Morgan fingerprint density at radius 3 is 2.90 bits per heavy atom. The third kappa shape index (κ3) is 4.35. The molecule has 4 nitrogen and oxygen atoms in total. The van der Waals surface area contributed by atoms with E-state index in [0.717, 1.165) is 13.0 Å². The Balaban J connectivity index is 1.95. The number of rotatable bonds is 7. The zero-order valence-electron chi connectivity index (χ0n) is 12.2. The van der Waals surface area contributed by atoms with E-state index in [0.29, 0.717) is 23.6 Å². The number of hydrogen-bond acceptors (Lipinski definition) is 5. The van der Waals surface area contributed by atoms with Crippen LogP contribution in [0.25, 0.3) is 0 Å². The van der Waals surface area contributed by atoms with Crippen molar-refractivity contribution >= 4 is 11.8 Å². The van der Waals surface area contributed by atoms with Gasteiger partial charge in [0.15, 0.2) is 0 Å². The molecule has 0 aliphatic heterocycles. The Bertz CT molecular complexity index is 541. The lowest BCUT2D eigenvalue weighted by molar-refractivity contribution is 0.485. The zero-order chi connectivity index (χ0) is 14.4. The quantitative estimate of drug-likeness (QED) is 0.788. The molecule has 0 bridgehead atoms. The molecule has 0 spiro atoms. The number of nitrogens with zero attached hydrogens (tertiary/aromatic N) is 2. The molecule has 1 aromatic carbocycles. The van der Waals surface area contributed by atoms with Crippen LogP contribution in [-0.2, 0) is 5.75 Å². The molecule has 0 aliphatic carbocycles. The number of benzene rings is 1. The molecule has 0 radical (unpaired) electrons. The first-order valence-electron chi connectivity index (χ1n) is 6.94. The number of nitrogens with one attached hydrogen (secondary N) is 1. The highest BCUT2D eigenvalue weighted by Crippen LogP contribution is 2.25. The molecule has 0 saturated heterocycles. The van der Waals surface area contributed by atoms with Gasteiger partial charge in [-0.1, -0.05) is 19.1 Å². The van der Waals surface area contributed by atoms with E-state index in [1.165, 1.54) is 10.5 Å².